The third kappa shape index (κ3) is 3.82. The molecule has 7 aromatic carbocycles. The molecule has 8 aromatic rings. The van der Waals surface area contributed by atoms with Gasteiger partial charge in [-0.1, -0.05) is 129 Å². The van der Waals surface area contributed by atoms with Crippen LogP contribution in [0.1, 0.15) is 25.0 Å². The van der Waals surface area contributed by atoms with E-state index in [2.05, 4.69) is 146 Å². The van der Waals surface area contributed by atoms with Crippen molar-refractivity contribution in [3.63, 3.8) is 0 Å². The van der Waals surface area contributed by atoms with Crippen LogP contribution in [0.25, 0.3) is 77.0 Å². The van der Waals surface area contributed by atoms with Crippen molar-refractivity contribution in [3.05, 3.63) is 157 Å². The Bertz CT molecular complexity index is 2450. The van der Waals surface area contributed by atoms with Crippen LogP contribution in [0, 0.1) is 0 Å². The Morgan fingerprint density at radius 1 is 0.467 bits per heavy atom. The molecule has 1 aromatic heterocycles. The molecule has 212 valence electrons. The van der Waals surface area contributed by atoms with Gasteiger partial charge in [0.15, 0.2) is 0 Å². The Labute approximate surface area is 262 Å². The van der Waals surface area contributed by atoms with Crippen molar-refractivity contribution in [2.45, 2.75) is 19.3 Å². The summed E-state index contributed by atoms with van der Waals surface area (Å²) in [6.45, 7) is 4.71. The highest BCUT2D eigenvalue weighted by molar-refractivity contribution is 6.22. The SMILES string of the molecule is CC1(C)c2ccccc2-c2ccc(-c3c4ccccc4c(-c4ccncn4)c4ccc(-c5cccc6ccccc56)cc34)cc21. The van der Waals surface area contributed by atoms with Gasteiger partial charge in [0.1, 0.15) is 6.33 Å². The van der Waals surface area contributed by atoms with Gasteiger partial charge in [0.2, 0.25) is 0 Å². The van der Waals surface area contributed by atoms with Crippen molar-refractivity contribution in [2.24, 2.45) is 0 Å². The predicted octanol–water partition coefficient (Wildman–Crippen LogP) is 11.2. The van der Waals surface area contributed by atoms with Gasteiger partial charge in [-0.2, -0.15) is 0 Å². The normalized spacial score (nSPS) is 13.3. The summed E-state index contributed by atoms with van der Waals surface area (Å²) >= 11 is 0. The third-order valence-electron chi connectivity index (χ3n) is 9.83. The van der Waals surface area contributed by atoms with Gasteiger partial charge in [-0.15, -0.1) is 0 Å². The lowest BCUT2D eigenvalue weighted by Gasteiger charge is -2.23. The highest BCUT2D eigenvalue weighted by Crippen LogP contribution is 2.51. The summed E-state index contributed by atoms with van der Waals surface area (Å²) in [5.74, 6) is 0. The Morgan fingerprint density at radius 3 is 1.98 bits per heavy atom. The highest BCUT2D eigenvalue weighted by Gasteiger charge is 2.35. The van der Waals surface area contributed by atoms with Crippen molar-refractivity contribution < 1.29 is 0 Å². The van der Waals surface area contributed by atoms with Crippen LogP contribution in [0.3, 0.4) is 0 Å². The summed E-state index contributed by atoms with van der Waals surface area (Å²) < 4.78 is 0. The summed E-state index contributed by atoms with van der Waals surface area (Å²) in [4.78, 5) is 8.98. The van der Waals surface area contributed by atoms with Gasteiger partial charge in [0.25, 0.3) is 0 Å². The van der Waals surface area contributed by atoms with Crippen LogP contribution >= 0.6 is 0 Å². The fourth-order valence-electron chi connectivity index (χ4n) is 7.71. The van der Waals surface area contributed by atoms with E-state index in [4.69, 9.17) is 4.98 Å². The molecule has 0 unspecified atom stereocenters. The molecule has 0 N–H and O–H groups in total. The second-order valence-corrected chi connectivity index (χ2v) is 12.6. The first kappa shape index (κ1) is 25.9. The molecule has 0 atom stereocenters. The van der Waals surface area contributed by atoms with Crippen molar-refractivity contribution in [1.29, 1.82) is 0 Å². The van der Waals surface area contributed by atoms with E-state index in [9.17, 15) is 0 Å². The van der Waals surface area contributed by atoms with Gasteiger partial charge in [-0.25, -0.2) is 9.97 Å². The predicted molar refractivity (Wildman–Crippen MR) is 188 cm³/mol. The summed E-state index contributed by atoms with van der Waals surface area (Å²) in [6.07, 6.45) is 3.48. The molecular formula is C43H30N2. The van der Waals surface area contributed by atoms with E-state index in [1.165, 1.54) is 76.8 Å². The van der Waals surface area contributed by atoms with Gasteiger partial charge in [0.05, 0.1) is 5.69 Å². The van der Waals surface area contributed by atoms with Crippen LogP contribution in [0.4, 0.5) is 0 Å². The first-order chi connectivity index (χ1) is 22.1. The molecule has 0 spiro atoms. The average Bonchev–Trinajstić information content (AvgIpc) is 3.32. The standard InChI is InChI=1S/C43H30N2/c1-43(2)38-17-8-7-13-32(38)33-20-19-29(25-39(33)43)41-34-14-5-6-15-35(34)42(40-22-23-44-26-45-40)36-21-18-28(24-37(36)41)31-16-9-11-27-10-3-4-12-30(27)31/h3-26H,1-2H3. The second kappa shape index (κ2) is 9.70. The number of fused-ring (bicyclic) bond motifs is 6. The third-order valence-corrected chi connectivity index (χ3v) is 9.83. The first-order valence-electron chi connectivity index (χ1n) is 15.6. The Morgan fingerprint density at radius 2 is 1.13 bits per heavy atom. The maximum absolute atomic E-state index is 4.75. The topological polar surface area (TPSA) is 25.8 Å². The zero-order chi connectivity index (χ0) is 30.1. The maximum Gasteiger partial charge on any atom is 0.116 e. The van der Waals surface area contributed by atoms with E-state index in [0.717, 1.165) is 11.3 Å². The molecule has 1 heterocycles. The second-order valence-electron chi connectivity index (χ2n) is 12.6. The van der Waals surface area contributed by atoms with E-state index >= 15 is 0 Å². The molecule has 0 amide bonds. The first-order valence-corrected chi connectivity index (χ1v) is 15.6. The van der Waals surface area contributed by atoms with Gasteiger partial charge in [-0.05, 0) is 95.0 Å². The molecule has 9 rings (SSSR count). The molecule has 2 nitrogen and oxygen atoms in total. The minimum Gasteiger partial charge on any atom is -0.245 e. The molecule has 45 heavy (non-hydrogen) atoms. The van der Waals surface area contributed by atoms with E-state index in [1.807, 2.05) is 12.3 Å². The van der Waals surface area contributed by atoms with Crippen molar-refractivity contribution in [2.75, 3.05) is 0 Å². The summed E-state index contributed by atoms with van der Waals surface area (Å²) in [6, 6.07) is 49.0. The fraction of sp³-hybridized carbons (Fsp3) is 0.0698. The summed E-state index contributed by atoms with van der Waals surface area (Å²) in [7, 11) is 0. The van der Waals surface area contributed by atoms with Gasteiger partial charge >= 0.3 is 0 Å². The Kier molecular flexibility index (Phi) is 5.58. The molecule has 0 saturated carbocycles. The number of hydrogen-bond donors (Lipinski definition) is 0. The lowest BCUT2D eigenvalue weighted by Crippen LogP contribution is -2.14. The van der Waals surface area contributed by atoms with Crippen LogP contribution < -0.4 is 0 Å². The molecule has 0 aliphatic heterocycles. The number of hydrogen-bond acceptors (Lipinski definition) is 2. The minimum absolute atomic E-state index is 0.0808. The van der Waals surface area contributed by atoms with E-state index in [1.54, 1.807) is 6.33 Å². The van der Waals surface area contributed by atoms with E-state index in [-0.39, 0.29) is 5.41 Å². The largest absolute Gasteiger partial charge is 0.245 e. The fourth-order valence-corrected chi connectivity index (χ4v) is 7.71. The zero-order valence-corrected chi connectivity index (χ0v) is 25.3. The lowest BCUT2D eigenvalue weighted by atomic mass is 9.80. The maximum atomic E-state index is 4.75. The molecule has 2 heteroatoms. The molecule has 0 saturated heterocycles. The van der Waals surface area contributed by atoms with Crippen LogP contribution in [0.15, 0.2) is 146 Å². The van der Waals surface area contributed by atoms with Gasteiger partial charge in [-0.3, -0.25) is 0 Å². The molecule has 0 bridgehead atoms. The summed E-state index contributed by atoms with van der Waals surface area (Å²) in [5, 5.41) is 7.34. The number of rotatable bonds is 3. The number of aromatic nitrogens is 2. The zero-order valence-electron chi connectivity index (χ0n) is 25.3. The highest BCUT2D eigenvalue weighted by atomic mass is 14.8. The van der Waals surface area contributed by atoms with Crippen LogP contribution in [0.5, 0.6) is 0 Å². The lowest BCUT2D eigenvalue weighted by molar-refractivity contribution is 0.660. The average molecular weight is 575 g/mol. The van der Waals surface area contributed by atoms with Crippen molar-refractivity contribution >= 4 is 32.3 Å². The van der Waals surface area contributed by atoms with Crippen molar-refractivity contribution in [1.82, 2.24) is 9.97 Å². The Hall–Kier alpha value is -5.60. The smallest absolute Gasteiger partial charge is 0.116 e. The van der Waals surface area contributed by atoms with Gasteiger partial charge < -0.3 is 0 Å². The molecular weight excluding hydrogens is 544 g/mol. The minimum atomic E-state index is -0.0808. The summed E-state index contributed by atoms with van der Waals surface area (Å²) in [5.41, 5.74) is 12.4. The number of nitrogens with zero attached hydrogens (tertiary/aromatic N) is 2. The van der Waals surface area contributed by atoms with E-state index in [0.29, 0.717) is 0 Å². The van der Waals surface area contributed by atoms with Crippen LogP contribution in [-0.4, -0.2) is 9.97 Å². The molecule has 0 radical (unpaired) electrons. The molecule has 1 aliphatic rings. The monoisotopic (exact) mass is 574 g/mol. The quantitative estimate of drug-likeness (QED) is 0.196. The van der Waals surface area contributed by atoms with Crippen LogP contribution in [-0.2, 0) is 5.41 Å². The number of benzene rings is 7. The van der Waals surface area contributed by atoms with E-state index < -0.39 is 0 Å². The Balaban J connectivity index is 1.39. The molecule has 1 aliphatic carbocycles. The van der Waals surface area contributed by atoms with Gasteiger partial charge in [0, 0.05) is 17.2 Å². The van der Waals surface area contributed by atoms with Crippen molar-refractivity contribution in [3.8, 4) is 44.6 Å². The van der Waals surface area contributed by atoms with Crippen LogP contribution in [0.2, 0.25) is 0 Å². The molecule has 0 fully saturated rings.